The second kappa shape index (κ2) is 5.95. The molecule has 1 aromatic heterocycles. The maximum atomic E-state index is 12.3. The molecule has 0 radical (unpaired) electrons. The first-order valence-electron chi connectivity index (χ1n) is 8.40. The van der Waals surface area contributed by atoms with Crippen LogP contribution in [-0.2, 0) is 9.53 Å². The van der Waals surface area contributed by atoms with Crippen molar-refractivity contribution in [2.75, 3.05) is 26.2 Å². The Morgan fingerprint density at radius 2 is 2.32 bits per heavy atom. The number of carbonyl (C=O) groups is 1. The van der Waals surface area contributed by atoms with Crippen molar-refractivity contribution < 1.29 is 9.53 Å². The standard InChI is InChI=1S/C17H24N2O2S/c1-11-2-5-16(22-11)14-8-15(14)17(20)18-9-13-10-19(6-7-21-13)12-3-4-12/h2,5,12-15H,3-4,6-10H2,1H3,(H,18,20)/t13-,14+,15+/m0/s1. The third kappa shape index (κ3) is 3.21. The van der Waals surface area contributed by atoms with Crippen molar-refractivity contribution in [1.82, 2.24) is 10.2 Å². The first-order chi connectivity index (χ1) is 10.7. The van der Waals surface area contributed by atoms with Crippen LogP contribution in [0.5, 0.6) is 0 Å². The van der Waals surface area contributed by atoms with Crippen molar-refractivity contribution in [2.45, 2.75) is 44.2 Å². The summed E-state index contributed by atoms with van der Waals surface area (Å²) in [4.78, 5) is 17.5. The fraction of sp³-hybridized carbons (Fsp3) is 0.706. The van der Waals surface area contributed by atoms with Crippen molar-refractivity contribution in [3.05, 3.63) is 21.9 Å². The van der Waals surface area contributed by atoms with Gasteiger partial charge in [-0.2, -0.15) is 0 Å². The zero-order chi connectivity index (χ0) is 15.1. The topological polar surface area (TPSA) is 41.6 Å². The van der Waals surface area contributed by atoms with Gasteiger partial charge in [0.15, 0.2) is 0 Å². The monoisotopic (exact) mass is 320 g/mol. The van der Waals surface area contributed by atoms with Gasteiger partial charge in [-0.15, -0.1) is 11.3 Å². The summed E-state index contributed by atoms with van der Waals surface area (Å²) < 4.78 is 5.80. The molecule has 2 saturated carbocycles. The molecular weight excluding hydrogens is 296 g/mol. The van der Waals surface area contributed by atoms with Crippen LogP contribution in [0.4, 0.5) is 0 Å². The number of carbonyl (C=O) groups excluding carboxylic acids is 1. The fourth-order valence-corrected chi connectivity index (χ4v) is 4.49. The summed E-state index contributed by atoms with van der Waals surface area (Å²) in [6.45, 7) is 5.62. The van der Waals surface area contributed by atoms with Crippen LogP contribution in [-0.4, -0.2) is 49.2 Å². The number of nitrogens with zero attached hydrogens (tertiary/aromatic N) is 1. The summed E-state index contributed by atoms with van der Waals surface area (Å²) in [5.74, 6) is 0.846. The first-order valence-corrected chi connectivity index (χ1v) is 9.22. The Bertz CT molecular complexity index is 555. The first kappa shape index (κ1) is 14.7. The molecule has 120 valence electrons. The lowest BCUT2D eigenvalue weighted by Crippen LogP contribution is -2.48. The van der Waals surface area contributed by atoms with Crippen LogP contribution in [0, 0.1) is 12.8 Å². The SMILES string of the molecule is Cc1ccc([C@@H]2C[C@H]2C(=O)NC[C@H]2CN(C3CC3)CCO2)s1. The average molecular weight is 320 g/mol. The highest BCUT2D eigenvalue weighted by Crippen LogP contribution is 2.49. The summed E-state index contributed by atoms with van der Waals surface area (Å²) in [6, 6.07) is 5.11. The van der Waals surface area contributed by atoms with E-state index in [-0.39, 0.29) is 17.9 Å². The second-order valence-corrected chi connectivity index (χ2v) is 8.18. The van der Waals surface area contributed by atoms with E-state index in [1.54, 1.807) is 0 Å². The number of rotatable bonds is 5. The van der Waals surface area contributed by atoms with E-state index >= 15 is 0 Å². The summed E-state index contributed by atoms with van der Waals surface area (Å²) in [5, 5.41) is 3.11. The third-order valence-corrected chi connectivity index (χ3v) is 6.12. The normalized spacial score (nSPS) is 32.0. The Balaban J connectivity index is 1.23. The summed E-state index contributed by atoms with van der Waals surface area (Å²) >= 11 is 1.82. The summed E-state index contributed by atoms with van der Waals surface area (Å²) in [6.07, 6.45) is 3.84. The second-order valence-electron chi connectivity index (χ2n) is 6.86. The number of nitrogens with one attached hydrogen (secondary N) is 1. The molecule has 1 saturated heterocycles. The quantitative estimate of drug-likeness (QED) is 0.904. The molecule has 5 heteroatoms. The van der Waals surface area contributed by atoms with E-state index in [0.717, 1.165) is 32.2 Å². The number of hydrogen-bond acceptors (Lipinski definition) is 4. The number of hydrogen-bond donors (Lipinski definition) is 1. The molecule has 1 N–H and O–H groups in total. The van der Waals surface area contributed by atoms with E-state index in [9.17, 15) is 4.79 Å². The molecule has 2 aliphatic carbocycles. The Morgan fingerprint density at radius 3 is 3.05 bits per heavy atom. The molecule has 1 aliphatic heterocycles. The van der Waals surface area contributed by atoms with Gasteiger partial charge in [0.2, 0.25) is 5.91 Å². The zero-order valence-electron chi connectivity index (χ0n) is 13.1. The molecule has 1 amide bonds. The molecule has 0 bridgehead atoms. The van der Waals surface area contributed by atoms with Crippen molar-refractivity contribution in [2.24, 2.45) is 5.92 Å². The average Bonchev–Trinajstić information content (AvgIpc) is 3.43. The molecule has 0 unspecified atom stereocenters. The zero-order valence-corrected chi connectivity index (χ0v) is 13.9. The predicted octanol–water partition coefficient (Wildman–Crippen LogP) is 2.14. The van der Waals surface area contributed by atoms with Crippen LogP contribution in [0.1, 0.15) is 34.9 Å². The molecule has 4 nitrogen and oxygen atoms in total. The number of amides is 1. The Labute approximate surface area is 135 Å². The van der Waals surface area contributed by atoms with Gasteiger partial charge in [0.1, 0.15) is 0 Å². The van der Waals surface area contributed by atoms with Gasteiger partial charge in [-0.1, -0.05) is 0 Å². The van der Waals surface area contributed by atoms with Crippen LogP contribution >= 0.6 is 11.3 Å². The number of aryl methyl sites for hydroxylation is 1. The van der Waals surface area contributed by atoms with E-state index in [1.165, 1.54) is 22.6 Å². The van der Waals surface area contributed by atoms with E-state index in [2.05, 4.69) is 29.3 Å². The molecule has 22 heavy (non-hydrogen) atoms. The molecule has 4 rings (SSSR count). The predicted molar refractivity (Wildman–Crippen MR) is 87.2 cm³/mol. The van der Waals surface area contributed by atoms with Gasteiger partial charge in [0.05, 0.1) is 12.7 Å². The summed E-state index contributed by atoms with van der Waals surface area (Å²) in [7, 11) is 0. The highest BCUT2D eigenvalue weighted by Gasteiger charge is 2.44. The van der Waals surface area contributed by atoms with E-state index in [1.807, 2.05) is 11.3 Å². The third-order valence-electron chi connectivity index (χ3n) is 4.99. The van der Waals surface area contributed by atoms with E-state index < -0.39 is 0 Å². The number of thiophene rings is 1. The highest BCUT2D eigenvalue weighted by molar-refractivity contribution is 7.12. The molecular formula is C17H24N2O2S. The maximum Gasteiger partial charge on any atom is 0.223 e. The van der Waals surface area contributed by atoms with Gasteiger partial charge >= 0.3 is 0 Å². The number of ether oxygens (including phenoxy) is 1. The van der Waals surface area contributed by atoms with Crippen LogP contribution < -0.4 is 5.32 Å². The minimum absolute atomic E-state index is 0.166. The van der Waals surface area contributed by atoms with E-state index in [0.29, 0.717) is 12.5 Å². The van der Waals surface area contributed by atoms with E-state index in [4.69, 9.17) is 4.74 Å². The van der Waals surface area contributed by atoms with Crippen LogP contribution in [0.2, 0.25) is 0 Å². The Morgan fingerprint density at radius 1 is 1.45 bits per heavy atom. The van der Waals surface area contributed by atoms with Crippen LogP contribution in [0.3, 0.4) is 0 Å². The van der Waals surface area contributed by atoms with Crippen LogP contribution in [0.15, 0.2) is 12.1 Å². The molecule has 0 aromatic carbocycles. The van der Waals surface area contributed by atoms with Gasteiger partial charge in [-0.05, 0) is 38.3 Å². The van der Waals surface area contributed by atoms with Crippen molar-refractivity contribution in [1.29, 1.82) is 0 Å². The largest absolute Gasteiger partial charge is 0.374 e. The van der Waals surface area contributed by atoms with Gasteiger partial charge in [0.25, 0.3) is 0 Å². The molecule has 1 aromatic rings. The minimum atomic E-state index is 0.166. The lowest BCUT2D eigenvalue weighted by Gasteiger charge is -2.33. The van der Waals surface area contributed by atoms with Crippen molar-refractivity contribution >= 4 is 17.2 Å². The fourth-order valence-electron chi connectivity index (χ4n) is 3.43. The molecule has 3 atom stereocenters. The van der Waals surface area contributed by atoms with Crippen molar-refractivity contribution in [3.8, 4) is 0 Å². The van der Waals surface area contributed by atoms with Gasteiger partial charge in [-0.3, -0.25) is 9.69 Å². The van der Waals surface area contributed by atoms with Crippen molar-refractivity contribution in [3.63, 3.8) is 0 Å². The van der Waals surface area contributed by atoms with Gasteiger partial charge in [0, 0.05) is 47.3 Å². The summed E-state index contributed by atoms with van der Waals surface area (Å²) in [5.41, 5.74) is 0. The lowest BCUT2D eigenvalue weighted by atomic mass is 10.2. The Kier molecular flexibility index (Phi) is 3.96. The van der Waals surface area contributed by atoms with Gasteiger partial charge in [-0.25, -0.2) is 0 Å². The minimum Gasteiger partial charge on any atom is -0.374 e. The molecule has 2 heterocycles. The maximum absolute atomic E-state index is 12.3. The lowest BCUT2D eigenvalue weighted by molar-refractivity contribution is -0.123. The molecule has 3 aliphatic rings. The highest BCUT2D eigenvalue weighted by atomic mass is 32.1. The van der Waals surface area contributed by atoms with Gasteiger partial charge < -0.3 is 10.1 Å². The smallest absolute Gasteiger partial charge is 0.223 e. The Hall–Kier alpha value is -0.910. The molecule has 0 spiro atoms. The molecule has 3 fully saturated rings. The number of morpholine rings is 1. The van der Waals surface area contributed by atoms with Crippen LogP contribution in [0.25, 0.3) is 0 Å².